The minimum Gasteiger partial charge on any atom is -0.379 e. The van der Waals surface area contributed by atoms with Gasteiger partial charge in [0.2, 0.25) is 0 Å². The molecule has 0 aromatic heterocycles. The lowest BCUT2D eigenvalue weighted by atomic mass is 10.0. The number of hydrogen-bond donors (Lipinski definition) is 2. The van der Waals surface area contributed by atoms with Crippen LogP contribution in [0.3, 0.4) is 0 Å². The molecule has 23 heavy (non-hydrogen) atoms. The van der Waals surface area contributed by atoms with Gasteiger partial charge in [0.1, 0.15) is 0 Å². The maximum absolute atomic E-state index is 6.16. The van der Waals surface area contributed by atoms with Gasteiger partial charge in [-0.2, -0.15) is 0 Å². The van der Waals surface area contributed by atoms with Crippen molar-refractivity contribution >= 4 is 17.6 Å². The number of morpholine rings is 1. The Morgan fingerprint density at radius 2 is 2.09 bits per heavy atom. The first-order valence-electron chi connectivity index (χ1n) is 8.00. The van der Waals surface area contributed by atoms with Crippen molar-refractivity contribution in [1.82, 2.24) is 10.2 Å². The second-order valence-corrected chi connectivity index (χ2v) is 7.26. The summed E-state index contributed by atoms with van der Waals surface area (Å²) in [6.07, 6.45) is 0. The zero-order chi connectivity index (χ0) is 16.9. The molecule has 3 N–H and O–H groups in total. The molecule has 1 aliphatic rings. The van der Waals surface area contributed by atoms with Gasteiger partial charge in [-0.1, -0.05) is 23.7 Å². The Bertz CT molecular complexity index is 536. The fraction of sp³-hybridized carbons (Fsp3) is 0.588. The highest BCUT2D eigenvalue weighted by molar-refractivity contribution is 6.30. The summed E-state index contributed by atoms with van der Waals surface area (Å²) in [7, 11) is 0. The van der Waals surface area contributed by atoms with E-state index in [-0.39, 0.29) is 11.6 Å². The quantitative estimate of drug-likeness (QED) is 0.653. The van der Waals surface area contributed by atoms with Crippen molar-refractivity contribution in [3.05, 3.63) is 34.9 Å². The van der Waals surface area contributed by atoms with Crippen LogP contribution in [0.25, 0.3) is 0 Å². The van der Waals surface area contributed by atoms with E-state index in [1.54, 1.807) is 0 Å². The standard InChI is InChI=1S/C17H27ClN4O/c1-17(2,3)21-16(19)20-12-15(22-7-9-23-10-8-22)13-5-4-6-14(18)11-13/h4-6,11,15H,7-10,12H2,1-3H3,(H3,19,20,21). The van der Waals surface area contributed by atoms with Gasteiger partial charge < -0.3 is 15.8 Å². The van der Waals surface area contributed by atoms with Crippen LogP contribution in [0, 0.1) is 0 Å². The molecule has 0 radical (unpaired) electrons. The van der Waals surface area contributed by atoms with E-state index in [2.05, 4.69) is 42.0 Å². The van der Waals surface area contributed by atoms with Crippen molar-refractivity contribution in [2.24, 2.45) is 10.7 Å². The highest BCUT2D eigenvalue weighted by atomic mass is 35.5. The first-order chi connectivity index (χ1) is 10.8. The van der Waals surface area contributed by atoms with Crippen LogP contribution in [0.2, 0.25) is 5.02 Å². The van der Waals surface area contributed by atoms with Gasteiger partial charge in [0, 0.05) is 23.7 Å². The topological polar surface area (TPSA) is 62.9 Å². The zero-order valence-corrected chi connectivity index (χ0v) is 14.9. The van der Waals surface area contributed by atoms with Crippen LogP contribution in [0.15, 0.2) is 29.3 Å². The van der Waals surface area contributed by atoms with Crippen molar-refractivity contribution in [3.8, 4) is 0 Å². The molecule has 1 heterocycles. The number of benzene rings is 1. The summed E-state index contributed by atoms with van der Waals surface area (Å²) >= 11 is 6.16. The van der Waals surface area contributed by atoms with E-state index in [1.165, 1.54) is 0 Å². The van der Waals surface area contributed by atoms with Gasteiger partial charge >= 0.3 is 0 Å². The first-order valence-corrected chi connectivity index (χ1v) is 8.38. The maximum Gasteiger partial charge on any atom is 0.189 e. The Kier molecular flexibility index (Phi) is 6.27. The van der Waals surface area contributed by atoms with E-state index in [1.807, 2.05) is 18.2 Å². The molecule has 2 rings (SSSR count). The van der Waals surface area contributed by atoms with Gasteiger partial charge in [-0.3, -0.25) is 9.89 Å². The van der Waals surface area contributed by atoms with Gasteiger partial charge in [0.25, 0.3) is 0 Å². The number of aliphatic imine (C=N–C) groups is 1. The number of halogens is 1. The molecule has 0 saturated carbocycles. The molecule has 1 unspecified atom stereocenters. The molecule has 0 spiro atoms. The van der Waals surface area contributed by atoms with Crippen molar-refractivity contribution < 1.29 is 4.74 Å². The number of ether oxygens (including phenoxy) is 1. The molecule has 5 nitrogen and oxygen atoms in total. The van der Waals surface area contributed by atoms with Crippen LogP contribution in [0.4, 0.5) is 0 Å². The molecule has 6 heteroatoms. The number of rotatable bonds is 4. The molecule has 0 bridgehead atoms. The summed E-state index contributed by atoms with van der Waals surface area (Å²) in [5.74, 6) is 0.470. The van der Waals surface area contributed by atoms with Gasteiger partial charge in [0.15, 0.2) is 5.96 Å². The summed E-state index contributed by atoms with van der Waals surface area (Å²) < 4.78 is 5.46. The molecule has 1 saturated heterocycles. The predicted molar refractivity (Wildman–Crippen MR) is 96.0 cm³/mol. The van der Waals surface area contributed by atoms with Crippen LogP contribution < -0.4 is 11.1 Å². The summed E-state index contributed by atoms with van der Waals surface area (Å²) in [4.78, 5) is 6.93. The van der Waals surface area contributed by atoms with E-state index in [0.29, 0.717) is 12.5 Å². The molecule has 1 atom stereocenters. The van der Waals surface area contributed by atoms with Gasteiger partial charge in [-0.15, -0.1) is 0 Å². The summed E-state index contributed by atoms with van der Waals surface area (Å²) in [5.41, 5.74) is 7.08. The largest absolute Gasteiger partial charge is 0.379 e. The minimum absolute atomic E-state index is 0.0991. The monoisotopic (exact) mass is 338 g/mol. The van der Waals surface area contributed by atoms with Crippen LogP contribution in [0.5, 0.6) is 0 Å². The van der Waals surface area contributed by atoms with Gasteiger partial charge in [-0.25, -0.2) is 0 Å². The Labute approximate surface area is 143 Å². The third-order valence-corrected chi connectivity index (χ3v) is 3.89. The molecule has 1 aromatic carbocycles. The normalized spacial score (nSPS) is 18.7. The lowest BCUT2D eigenvalue weighted by molar-refractivity contribution is 0.0180. The lowest BCUT2D eigenvalue weighted by Crippen LogP contribution is -2.45. The minimum atomic E-state index is -0.0991. The highest BCUT2D eigenvalue weighted by Gasteiger charge is 2.23. The molecule has 0 amide bonds. The van der Waals surface area contributed by atoms with Crippen LogP contribution in [0.1, 0.15) is 32.4 Å². The Balaban J connectivity index is 2.15. The third-order valence-electron chi connectivity index (χ3n) is 3.66. The van der Waals surface area contributed by atoms with E-state index in [4.69, 9.17) is 22.1 Å². The molecule has 128 valence electrons. The lowest BCUT2D eigenvalue weighted by Gasteiger charge is -2.34. The van der Waals surface area contributed by atoms with Crippen molar-refractivity contribution in [2.75, 3.05) is 32.8 Å². The Morgan fingerprint density at radius 1 is 1.39 bits per heavy atom. The average Bonchev–Trinajstić information content (AvgIpc) is 2.47. The number of nitrogens with zero attached hydrogens (tertiary/aromatic N) is 2. The molecule has 0 aliphatic carbocycles. The predicted octanol–water partition coefficient (Wildman–Crippen LogP) is 2.42. The second-order valence-electron chi connectivity index (χ2n) is 6.82. The smallest absolute Gasteiger partial charge is 0.189 e. The van der Waals surface area contributed by atoms with Crippen LogP contribution >= 0.6 is 11.6 Å². The van der Waals surface area contributed by atoms with E-state index in [9.17, 15) is 0 Å². The molecular weight excluding hydrogens is 312 g/mol. The van der Waals surface area contributed by atoms with Gasteiger partial charge in [-0.05, 0) is 38.5 Å². The Hall–Kier alpha value is -1.30. The summed E-state index contributed by atoms with van der Waals surface area (Å²) in [6, 6.07) is 8.11. The van der Waals surface area contributed by atoms with E-state index in [0.717, 1.165) is 36.9 Å². The Morgan fingerprint density at radius 3 is 2.70 bits per heavy atom. The van der Waals surface area contributed by atoms with E-state index < -0.39 is 0 Å². The summed E-state index contributed by atoms with van der Waals surface area (Å²) in [5, 5.41) is 3.94. The van der Waals surface area contributed by atoms with Crippen molar-refractivity contribution in [3.63, 3.8) is 0 Å². The first kappa shape index (κ1) is 18.0. The second kappa shape index (κ2) is 7.99. The molecular formula is C17H27ClN4O. The average molecular weight is 339 g/mol. The SMILES string of the molecule is CC(C)(C)NC(N)=NCC(c1cccc(Cl)c1)N1CCOCC1. The fourth-order valence-corrected chi connectivity index (χ4v) is 2.84. The highest BCUT2D eigenvalue weighted by Crippen LogP contribution is 2.24. The van der Waals surface area contributed by atoms with Crippen LogP contribution in [-0.4, -0.2) is 49.2 Å². The third kappa shape index (κ3) is 6.01. The number of nitrogens with one attached hydrogen (secondary N) is 1. The van der Waals surface area contributed by atoms with Crippen LogP contribution in [-0.2, 0) is 4.74 Å². The maximum atomic E-state index is 6.16. The van der Waals surface area contributed by atoms with Crippen molar-refractivity contribution in [1.29, 1.82) is 0 Å². The molecule has 1 aromatic rings. The number of nitrogens with two attached hydrogens (primary N) is 1. The number of hydrogen-bond acceptors (Lipinski definition) is 3. The zero-order valence-electron chi connectivity index (χ0n) is 14.2. The van der Waals surface area contributed by atoms with E-state index >= 15 is 0 Å². The summed E-state index contributed by atoms with van der Waals surface area (Å²) in [6.45, 7) is 10.0. The van der Waals surface area contributed by atoms with Crippen molar-refractivity contribution in [2.45, 2.75) is 32.4 Å². The van der Waals surface area contributed by atoms with Gasteiger partial charge in [0.05, 0.1) is 25.8 Å². The fourth-order valence-electron chi connectivity index (χ4n) is 2.64. The molecule has 1 aliphatic heterocycles. The number of guanidine groups is 1. The molecule has 1 fully saturated rings.